The van der Waals surface area contributed by atoms with Gasteiger partial charge in [0.1, 0.15) is 0 Å². The molecule has 0 aromatic carbocycles. The number of aromatic nitrogens is 5. The summed E-state index contributed by atoms with van der Waals surface area (Å²) >= 11 is 0. The summed E-state index contributed by atoms with van der Waals surface area (Å²) in [6.07, 6.45) is 7.72. The van der Waals surface area contributed by atoms with Gasteiger partial charge in [0.05, 0.1) is 30.1 Å². The summed E-state index contributed by atoms with van der Waals surface area (Å²) in [5, 5.41) is 8.60. The summed E-state index contributed by atoms with van der Waals surface area (Å²) in [4.78, 5) is 19.3. The Morgan fingerprint density at radius 3 is 2.96 bits per heavy atom. The van der Waals surface area contributed by atoms with Crippen molar-refractivity contribution in [2.75, 3.05) is 19.7 Å². The lowest BCUT2D eigenvalue weighted by Crippen LogP contribution is -2.38. The molecule has 1 atom stereocenters. The minimum Gasteiger partial charge on any atom is -0.374 e. The van der Waals surface area contributed by atoms with Gasteiger partial charge in [0.15, 0.2) is 5.82 Å². The number of carbonyl (C=O) groups is 1. The molecule has 0 radical (unpaired) electrons. The summed E-state index contributed by atoms with van der Waals surface area (Å²) < 4.78 is 9.45. The molecular formula is C19H22N6O2. The lowest BCUT2D eigenvalue weighted by molar-refractivity contribution is 0.0367. The summed E-state index contributed by atoms with van der Waals surface area (Å²) in [6, 6.07) is 7.51. The third-order valence-electron chi connectivity index (χ3n) is 4.69. The number of hydrogen-bond acceptors (Lipinski definition) is 5. The van der Waals surface area contributed by atoms with Crippen LogP contribution in [0.1, 0.15) is 22.5 Å². The standard InChI is InChI=1S/C19H22N6O2/c1-15-17(12-22-25(15)18-6-2-3-7-20-18)19(26)23-9-5-11-27-16(13-23)14-24-10-4-8-21-24/h2-4,6-8,10,12,16H,5,9,11,13-14H2,1H3/t16-/m0/s1. The van der Waals surface area contributed by atoms with Crippen molar-refractivity contribution >= 4 is 5.91 Å². The third-order valence-corrected chi connectivity index (χ3v) is 4.69. The van der Waals surface area contributed by atoms with Crippen molar-refractivity contribution in [2.45, 2.75) is 26.0 Å². The number of amides is 1. The maximum atomic E-state index is 13.1. The fourth-order valence-corrected chi connectivity index (χ4v) is 3.31. The molecule has 0 N–H and O–H groups in total. The summed E-state index contributed by atoms with van der Waals surface area (Å²) in [7, 11) is 0. The van der Waals surface area contributed by atoms with Crippen LogP contribution in [0, 0.1) is 6.92 Å². The first-order valence-electron chi connectivity index (χ1n) is 9.06. The number of pyridine rings is 1. The summed E-state index contributed by atoms with van der Waals surface area (Å²) in [5.41, 5.74) is 1.38. The van der Waals surface area contributed by atoms with E-state index in [1.807, 2.05) is 47.0 Å². The zero-order valence-electron chi connectivity index (χ0n) is 15.2. The van der Waals surface area contributed by atoms with Gasteiger partial charge in [-0.25, -0.2) is 9.67 Å². The molecule has 3 aromatic heterocycles. The van der Waals surface area contributed by atoms with Crippen LogP contribution in [0.4, 0.5) is 0 Å². The van der Waals surface area contributed by atoms with E-state index in [1.165, 1.54) is 0 Å². The van der Waals surface area contributed by atoms with Gasteiger partial charge < -0.3 is 9.64 Å². The molecule has 0 spiro atoms. The van der Waals surface area contributed by atoms with Crippen molar-refractivity contribution in [3.8, 4) is 5.82 Å². The van der Waals surface area contributed by atoms with Crippen molar-refractivity contribution < 1.29 is 9.53 Å². The maximum absolute atomic E-state index is 13.1. The smallest absolute Gasteiger partial charge is 0.257 e. The zero-order valence-corrected chi connectivity index (χ0v) is 15.2. The minimum absolute atomic E-state index is 0.0225. The Hall–Kier alpha value is -3.00. The second-order valence-corrected chi connectivity index (χ2v) is 6.57. The van der Waals surface area contributed by atoms with Gasteiger partial charge in [-0.05, 0) is 31.5 Å². The zero-order chi connectivity index (χ0) is 18.6. The van der Waals surface area contributed by atoms with Crippen LogP contribution in [-0.2, 0) is 11.3 Å². The van der Waals surface area contributed by atoms with E-state index in [9.17, 15) is 4.79 Å². The molecule has 1 fully saturated rings. The molecule has 0 unspecified atom stereocenters. The first kappa shape index (κ1) is 17.4. The first-order valence-corrected chi connectivity index (χ1v) is 9.06. The van der Waals surface area contributed by atoms with Crippen LogP contribution in [0.3, 0.4) is 0 Å². The Morgan fingerprint density at radius 2 is 2.19 bits per heavy atom. The van der Waals surface area contributed by atoms with Crippen LogP contribution in [0.25, 0.3) is 5.82 Å². The van der Waals surface area contributed by atoms with Gasteiger partial charge in [0.25, 0.3) is 5.91 Å². The van der Waals surface area contributed by atoms with Gasteiger partial charge in [-0.1, -0.05) is 6.07 Å². The average molecular weight is 366 g/mol. The van der Waals surface area contributed by atoms with Crippen LogP contribution in [0.15, 0.2) is 49.1 Å². The van der Waals surface area contributed by atoms with E-state index >= 15 is 0 Å². The number of nitrogens with zero attached hydrogens (tertiary/aromatic N) is 6. The number of ether oxygens (including phenoxy) is 1. The van der Waals surface area contributed by atoms with Gasteiger partial charge in [-0.15, -0.1) is 0 Å². The molecule has 4 heterocycles. The normalized spacial score (nSPS) is 17.7. The van der Waals surface area contributed by atoms with Crippen LogP contribution in [-0.4, -0.2) is 61.2 Å². The van der Waals surface area contributed by atoms with E-state index in [2.05, 4.69) is 15.2 Å². The monoisotopic (exact) mass is 366 g/mol. The molecule has 3 aromatic rings. The molecule has 8 heteroatoms. The van der Waals surface area contributed by atoms with Crippen molar-refractivity contribution in [2.24, 2.45) is 0 Å². The Labute approximate surface area is 157 Å². The highest BCUT2D eigenvalue weighted by Crippen LogP contribution is 2.17. The Morgan fingerprint density at radius 1 is 1.26 bits per heavy atom. The minimum atomic E-state index is -0.0810. The van der Waals surface area contributed by atoms with Crippen LogP contribution >= 0.6 is 0 Å². The Bertz CT molecular complexity index is 890. The van der Waals surface area contributed by atoms with Crippen LogP contribution < -0.4 is 0 Å². The molecule has 0 bridgehead atoms. The highest BCUT2D eigenvalue weighted by Gasteiger charge is 2.26. The second kappa shape index (κ2) is 7.71. The van der Waals surface area contributed by atoms with E-state index in [4.69, 9.17) is 4.74 Å². The molecule has 140 valence electrons. The van der Waals surface area contributed by atoms with Crippen molar-refractivity contribution in [1.29, 1.82) is 0 Å². The van der Waals surface area contributed by atoms with Crippen molar-refractivity contribution in [1.82, 2.24) is 29.4 Å². The summed E-state index contributed by atoms with van der Waals surface area (Å²) in [5.74, 6) is 0.676. The molecule has 1 saturated heterocycles. The molecular weight excluding hydrogens is 344 g/mol. The van der Waals surface area contributed by atoms with Crippen LogP contribution in [0.5, 0.6) is 0 Å². The molecule has 27 heavy (non-hydrogen) atoms. The fourth-order valence-electron chi connectivity index (χ4n) is 3.31. The van der Waals surface area contributed by atoms with E-state index in [1.54, 1.807) is 23.3 Å². The first-order chi connectivity index (χ1) is 13.2. The molecule has 1 amide bonds. The van der Waals surface area contributed by atoms with Crippen molar-refractivity contribution in [3.05, 3.63) is 60.3 Å². The van der Waals surface area contributed by atoms with Gasteiger partial charge in [0, 0.05) is 38.3 Å². The molecule has 0 saturated carbocycles. The number of carbonyl (C=O) groups excluding carboxylic acids is 1. The predicted molar refractivity (Wildman–Crippen MR) is 98.6 cm³/mol. The summed E-state index contributed by atoms with van der Waals surface area (Å²) in [6.45, 7) is 4.37. The Balaban J connectivity index is 1.52. The van der Waals surface area contributed by atoms with E-state index in [0.29, 0.717) is 37.6 Å². The molecule has 4 rings (SSSR count). The van der Waals surface area contributed by atoms with E-state index < -0.39 is 0 Å². The van der Waals surface area contributed by atoms with Gasteiger partial charge >= 0.3 is 0 Å². The highest BCUT2D eigenvalue weighted by atomic mass is 16.5. The highest BCUT2D eigenvalue weighted by molar-refractivity contribution is 5.95. The van der Waals surface area contributed by atoms with Gasteiger partial charge in [-0.2, -0.15) is 10.2 Å². The van der Waals surface area contributed by atoms with Gasteiger partial charge in [0.2, 0.25) is 0 Å². The predicted octanol–water partition coefficient (Wildman–Crippen LogP) is 1.70. The van der Waals surface area contributed by atoms with E-state index in [-0.39, 0.29) is 12.0 Å². The topological polar surface area (TPSA) is 78.1 Å². The third kappa shape index (κ3) is 3.75. The molecule has 8 nitrogen and oxygen atoms in total. The van der Waals surface area contributed by atoms with E-state index in [0.717, 1.165) is 12.1 Å². The van der Waals surface area contributed by atoms with Crippen LogP contribution in [0.2, 0.25) is 0 Å². The second-order valence-electron chi connectivity index (χ2n) is 6.57. The fraction of sp³-hybridized carbons (Fsp3) is 0.368. The largest absolute Gasteiger partial charge is 0.374 e. The Kier molecular flexibility index (Phi) is 4.97. The molecule has 1 aliphatic rings. The quantitative estimate of drug-likeness (QED) is 0.702. The SMILES string of the molecule is Cc1c(C(=O)N2CCCO[C@H](Cn3cccn3)C2)cnn1-c1ccccn1. The van der Waals surface area contributed by atoms with Crippen molar-refractivity contribution in [3.63, 3.8) is 0 Å². The lowest BCUT2D eigenvalue weighted by atomic mass is 10.2. The molecule has 1 aliphatic heterocycles. The number of rotatable bonds is 4. The maximum Gasteiger partial charge on any atom is 0.257 e. The number of hydrogen-bond donors (Lipinski definition) is 0. The lowest BCUT2D eigenvalue weighted by Gasteiger charge is -2.24. The van der Waals surface area contributed by atoms with Gasteiger partial charge in [-0.3, -0.25) is 9.48 Å². The molecule has 0 aliphatic carbocycles. The average Bonchev–Trinajstić information content (AvgIpc) is 3.27.